The van der Waals surface area contributed by atoms with E-state index < -0.39 is 10.8 Å². The summed E-state index contributed by atoms with van der Waals surface area (Å²) in [5.41, 5.74) is 5.90. The molecule has 0 spiro atoms. The number of ether oxygens (including phenoxy) is 1. The van der Waals surface area contributed by atoms with Gasteiger partial charge in [0.1, 0.15) is 5.82 Å². The summed E-state index contributed by atoms with van der Waals surface area (Å²) in [4.78, 5) is 0.604. The Hall–Kier alpha value is -0.780. The van der Waals surface area contributed by atoms with Gasteiger partial charge in [-0.1, -0.05) is 0 Å². The van der Waals surface area contributed by atoms with Crippen molar-refractivity contribution >= 4 is 10.8 Å². The van der Waals surface area contributed by atoms with Gasteiger partial charge in [-0.05, 0) is 30.7 Å². The van der Waals surface area contributed by atoms with Gasteiger partial charge in [0, 0.05) is 17.5 Å². The van der Waals surface area contributed by atoms with E-state index in [-0.39, 0.29) is 17.1 Å². The molecule has 1 aromatic rings. The van der Waals surface area contributed by atoms with E-state index in [1.165, 1.54) is 24.3 Å². The van der Waals surface area contributed by atoms with Crippen molar-refractivity contribution in [3.05, 3.63) is 30.1 Å². The van der Waals surface area contributed by atoms with Crippen LogP contribution in [0, 0.1) is 5.82 Å². The molecule has 88 valence electrons. The van der Waals surface area contributed by atoms with Crippen molar-refractivity contribution in [1.82, 2.24) is 0 Å². The van der Waals surface area contributed by atoms with Gasteiger partial charge in [0.25, 0.3) is 0 Å². The van der Waals surface area contributed by atoms with Crippen LogP contribution in [0.15, 0.2) is 29.2 Å². The van der Waals surface area contributed by atoms with E-state index in [0.29, 0.717) is 18.1 Å². The monoisotopic (exact) mass is 243 g/mol. The Bertz CT molecular complexity index is 382. The summed E-state index contributed by atoms with van der Waals surface area (Å²) in [6.07, 6.45) is 0.720. The summed E-state index contributed by atoms with van der Waals surface area (Å²) in [7, 11) is -1.22. The van der Waals surface area contributed by atoms with Crippen LogP contribution in [0.4, 0.5) is 4.39 Å². The summed E-state index contributed by atoms with van der Waals surface area (Å²) in [6.45, 7) is 1.03. The Morgan fingerprint density at radius 1 is 1.38 bits per heavy atom. The molecule has 2 rings (SSSR count). The molecule has 0 aromatic heterocycles. The topological polar surface area (TPSA) is 52.3 Å². The van der Waals surface area contributed by atoms with E-state index in [9.17, 15) is 8.60 Å². The van der Waals surface area contributed by atoms with Crippen molar-refractivity contribution in [1.29, 1.82) is 0 Å². The summed E-state index contributed by atoms with van der Waals surface area (Å²) in [5, 5.41) is -0.195. The Kier molecular flexibility index (Phi) is 3.68. The van der Waals surface area contributed by atoms with Gasteiger partial charge in [-0.3, -0.25) is 4.21 Å². The average Bonchev–Trinajstić information content (AvgIpc) is 2.30. The summed E-state index contributed by atoms with van der Waals surface area (Å²) in [5.74, 6) is -0.329. The van der Waals surface area contributed by atoms with Gasteiger partial charge in [0.05, 0.1) is 22.7 Å². The van der Waals surface area contributed by atoms with Crippen LogP contribution in [0.2, 0.25) is 0 Å². The highest BCUT2D eigenvalue weighted by atomic mass is 32.2. The van der Waals surface area contributed by atoms with Gasteiger partial charge in [0.2, 0.25) is 0 Å². The SMILES string of the molecule is NC1CCOCC1S(=O)c1ccc(F)cc1. The average molecular weight is 243 g/mol. The molecule has 0 bridgehead atoms. The van der Waals surface area contributed by atoms with Crippen molar-refractivity contribution in [3.63, 3.8) is 0 Å². The van der Waals surface area contributed by atoms with E-state index in [2.05, 4.69) is 0 Å². The molecule has 1 aliphatic rings. The second kappa shape index (κ2) is 5.03. The number of halogens is 1. The zero-order valence-electron chi connectivity index (χ0n) is 8.77. The predicted octanol–water partition coefficient (Wildman–Crippen LogP) is 1.05. The molecule has 16 heavy (non-hydrogen) atoms. The fourth-order valence-corrected chi connectivity index (χ4v) is 3.12. The Morgan fingerprint density at radius 2 is 2.06 bits per heavy atom. The Balaban J connectivity index is 2.14. The van der Waals surface area contributed by atoms with E-state index in [4.69, 9.17) is 10.5 Å². The summed E-state index contributed by atoms with van der Waals surface area (Å²) >= 11 is 0. The van der Waals surface area contributed by atoms with Gasteiger partial charge >= 0.3 is 0 Å². The number of benzene rings is 1. The first-order valence-electron chi connectivity index (χ1n) is 5.18. The highest BCUT2D eigenvalue weighted by Gasteiger charge is 2.28. The van der Waals surface area contributed by atoms with E-state index in [0.717, 1.165) is 6.42 Å². The van der Waals surface area contributed by atoms with Gasteiger partial charge in [-0.2, -0.15) is 0 Å². The van der Waals surface area contributed by atoms with Gasteiger partial charge in [0.15, 0.2) is 0 Å². The maximum absolute atomic E-state index is 12.7. The van der Waals surface area contributed by atoms with Crippen molar-refractivity contribution in [2.24, 2.45) is 5.73 Å². The summed E-state index contributed by atoms with van der Waals surface area (Å²) in [6, 6.07) is 5.57. The first kappa shape index (κ1) is 11.7. The number of hydrogen-bond acceptors (Lipinski definition) is 3. The van der Waals surface area contributed by atoms with Crippen LogP contribution < -0.4 is 5.73 Å². The molecule has 3 atom stereocenters. The van der Waals surface area contributed by atoms with Crippen LogP contribution in [-0.2, 0) is 15.5 Å². The molecule has 1 aliphatic heterocycles. The van der Waals surface area contributed by atoms with Crippen LogP contribution in [0.25, 0.3) is 0 Å². The Labute approximate surface area is 96.2 Å². The molecule has 1 heterocycles. The highest BCUT2D eigenvalue weighted by molar-refractivity contribution is 7.85. The van der Waals surface area contributed by atoms with Crippen LogP contribution in [-0.4, -0.2) is 28.7 Å². The van der Waals surface area contributed by atoms with Gasteiger partial charge in [-0.15, -0.1) is 0 Å². The van der Waals surface area contributed by atoms with Crippen molar-refractivity contribution in [2.75, 3.05) is 13.2 Å². The molecule has 1 aromatic carbocycles. The molecule has 3 unspecified atom stereocenters. The molecule has 0 amide bonds. The molecule has 1 saturated heterocycles. The maximum Gasteiger partial charge on any atom is 0.123 e. The minimum atomic E-state index is -1.22. The molecule has 1 fully saturated rings. The quantitative estimate of drug-likeness (QED) is 0.844. The highest BCUT2D eigenvalue weighted by Crippen LogP contribution is 2.18. The standard InChI is InChI=1S/C11H14FNO2S/c12-8-1-3-9(4-2-8)16(14)11-7-15-6-5-10(11)13/h1-4,10-11H,5-7,13H2. The molecule has 0 saturated carbocycles. The molecule has 5 heteroatoms. The van der Waals surface area contributed by atoms with Crippen LogP contribution >= 0.6 is 0 Å². The summed E-state index contributed by atoms with van der Waals surface area (Å²) < 4.78 is 30.1. The van der Waals surface area contributed by atoms with Crippen LogP contribution in [0.1, 0.15) is 6.42 Å². The zero-order chi connectivity index (χ0) is 11.5. The lowest BCUT2D eigenvalue weighted by Crippen LogP contribution is -2.45. The third-order valence-corrected chi connectivity index (χ3v) is 4.45. The molecule has 0 radical (unpaired) electrons. The maximum atomic E-state index is 12.7. The minimum Gasteiger partial charge on any atom is -0.380 e. The smallest absolute Gasteiger partial charge is 0.123 e. The van der Waals surface area contributed by atoms with Crippen LogP contribution in [0.3, 0.4) is 0 Å². The van der Waals surface area contributed by atoms with E-state index in [1.807, 2.05) is 0 Å². The second-order valence-corrected chi connectivity index (χ2v) is 5.49. The molecular weight excluding hydrogens is 229 g/mol. The molecular formula is C11H14FNO2S. The molecule has 2 N–H and O–H groups in total. The van der Waals surface area contributed by atoms with E-state index in [1.54, 1.807) is 0 Å². The predicted molar refractivity (Wildman–Crippen MR) is 60.0 cm³/mol. The third-order valence-electron chi connectivity index (χ3n) is 2.68. The Morgan fingerprint density at radius 3 is 2.69 bits per heavy atom. The minimum absolute atomic E-state index is 0.111. The van der Waals surface area contributed by atoms with Crippen molar-refractivity contribution < 1.29 is 13.3 Å². The lowest BCUT2D eigenvalue weighted by molar-refractivity contribution is 0.0904. The molecule has 3 nitrogen and oxygen atoms in total. The second-order valence-electron chi connectivity index (χ2n) is 3.82. The lowest BCUT2D eigenvalue weighted by atomic mass is 10.1. The van der Waals surface area contributed by atoms with Crippen molar-refractivity contribution in [3.8, 4) is 0 Å². The van der Waals surface area contributed by atoms with Crippen molar-refractivity contribution in [2.45, 2.75) is 22.6 Å². The largest absolute Gasteiger partial charge is 0.380 e. The normalized spacial score (nSPS) is 27.6. The van der Waals surface area contributed by atoms with Gasteiger partial charge < -0.3 is 10.5 Å². The van der Waals surface area contributed by atoms with Crippen LogP contribution in [0.5, 0.6) is 0 Å². The molecule has 0 aliphatic carbocycles. The number of nitrogens with two attached hydrogens (primary N) is 1. The van der Waals surface area contributed by atoms with Gasteiger partial charge in [-0.25, -0.2) is 4.39 Å². The van der Waals surface area contributed by atoms with E-state index >= 15 is 0 Å². The first-order chi connectivity index (χ1) is 7.68. The third kappa shape index (κ3) is 2.48. The zero-order valence-corrected chi connectivity index (χ0v) is 9.58. The fraction of sp³-hybridized carbons (Fsp3) is 0.455. The fourth-order valence-electron chi connectivity index (χ4n) is 1.69. The first-order valence-corrected chi connectivity index (χ1v) is 6.39. The number of rotatable bonds is 2. The lowest BCUT2D eigenvalue weighted by Gasteiger charge is -2.27. The number of hydrogen-bond donors (Lipinski definition) is 1.